The Kier molecular flexibility index (Phi) is 7.39. The van der Waals surface area contributed by atoms with Crippen LogP contribution < -0.4 is 10.6 Å². The molecular weight excluding hydrogens is 288 g/mol. The van der Waals surface area contributed by atoms with Gasteiger partial charge in [0.25, 0.3) is 5.91 Å². The lowest BCUT2D eigenvalue weighted by Crippen LogP contribution is -2.50. The summed E-state index contributed by atoms with van der Waals surface area (Å²) in [5, 5.41) is 16.9. The molecule has 0 spiro atoms. The number of amides is 2. The molecule has 0 aliphatic heterocycles. The van der Waals surface area contributed by atoms with Crippen molar-refractivity contribution in [2.24, 2.45) is 0 Å². The molecule has 0 radical (unpaired) electrons. The largest absolute Gasteiger partial charge is 0.394 e. The highest BCUT2D eigenvalue weighted by molar-refractivity contribution is 7.12. The van der Waals surface area contributed by atoms with E-state index in [9.17, 15) is 14.7 Å². The Labute approximate surface area is 129 Å². The Morgan fingerprint density at radius 2 is 2.05 bits per heavy atom. The summed E-state index contributed by atoms with van der Waals surface area (Å²) in [5.41, 5.74) is -0.517. The monoisotopic (exact) mass is 312 g/mol. The minimum atomic E-state index is -0.517. The predicted octanol–water partition coefficient (Wildman–Crippen LogP) is 1.93. The lowest BCUT2D eigenvalue weighted by Gasteiger charge is -2.30. The van der Waals surface area contributed by atoms with Gasteiger partial charge in [-0.25, -0.2) is 0 Å². The van der Waals surface area contributed by atoms with Crippen molar-refractivity contribution in [3.63, 3.8) is 0 Å². The molecule has 0 fully saturated rings. The van der Waals surface area contributed by atoms with E-state index in [0.29, 0.717) is 37.1 Å². The molecule has 1 rings (SSSR count). The SMILES string of the molecule is CCC(CC)(CO)NC(=O)CCCNC(=O)c1cccs1. The normalized spacial score (nSPS) is 11.2. The van der Waals surface area contributed by atoms with Gasteiger partial charge >= 0.3 is 0 Å². The molecule has 0 saturated carbocycles. The highest BCUT2D eigenvalue weighted by atomic mass is 32.1. The number of aliphatic hydroxyl groups is 1. The summed E-state index contributed by atoms with van der Waals surface area (Å²) in [6.07, 6.45) is 2.31. The Hall–Kier alpha value is -1.40. The predicted molar refractivity (Wildman–Crippen MR) is 84.4 cm³/mol. The van der Waals surface area contributed by atoms with Crippen LogP contribution in [-0.4, -0.2) is 35.6 Å². The van der Waals surface area contributed by atoms with Gasteiger partial charge in [-0.15, -0.1) is 11.3 Å². The molecule has 3 N–H and O–H groups in total. The molecule has 5 nitrogen and oxygen atoms in total. The average Bonchev–Trinajstić information content (AvgIpc) is 3.03. The molecule has 0 aliphatic carbocycles. The molecule has 0 aromatic carbocycles. The molecule has 0 saturated heterocycles. The van der Waals surface area contributed by atoms with Gasteiger partial charge in [0.05, 0.1) is 17.0 Å². The summed E-state index contributed by atoms with van der Waals surface area (Å²) in [6, 6.07) is 3.60. The zero-order valence-electron chi connectivity index (χ0n) is 12.6. The number of aliphatic hydroxyl groups excluding tert-OH is 1. The van der Waals surface area contributed by atoms with Crippen molar-refractivity contribution < 1.29 is 14.7 Å². The third kappa shape index (κ3) is 5.47. The van der Waals surface area contributed by atoms with E-state index in [1.165, 1.54) is 11.3 Å². The summed E-state index contributed by atoms with van der Waals surface area (Å²) in [4.78, 5) is 24.2. The van der Waals surface area contributed by atoms with E-state index < -0.39 is 5.54 Å². The van der Waals surface area contributed by atoms with E-state index in [4.69, 9.17) is 0 Å². The topological polar surface area (TPSA) is 78.4 Å². The van der Waals surface area contributed by atoms with E-state index in [2.05, 4.69) is 10.6 Å². The van der Waals surface area contributed by atoms with Crippen molar-refractivity contribution in [3.05, 3.63) is 22.4 Å². The van der Waals surface area contributed by atoms with Crippen molar-refractivity contribution >= 4 is 23.2 Å². The van der Waals surface area contributed by atoms with Gasteiger partial charge in [-0.1, -0.05) is 19.9 Å². The summed E-state index contributed by atoms with van der Waals surface area (Å²) in [7, 11) is 0. The van der Waals surface area contributed by atoms with E-state index in [0.717, 1.165) is 0 Å². The van der Waals surface area contributed by atoms with Crippen LogP contribution in [-0.2, 0) is 4.79 Å². The number of rotatable bonds is 9. The Morgan fingerprint density at radius 3 is 2.57 bits per heavy atom. The first-order chi connectivity index (χ1) is 10.1. The lowest BCUT2D eigenvalue weighted by molar-refractivity contribution is -0.123. The first kappa shape index (κ1) is 17.7. The second-order valence-electron chi connectivity index (χ2n) is 5.03. The zero-order valence-corrected chi connectivity index (χ0v) is 13.5. The molecule has 1 aromatic rings. The quantitative estimate of drug-likeness (QED) is 0.610. The van der Waals surface area contributed by atoms with Crippen LogP contribution >= 0.6 is 11.3 Å². The highest BCUT2D eigenvalue weighted by Gasteiger charge is 2.26. The van der Waals surface area contributed by atoms with Crippen molar-refractivity contribution in [3.8, 4) is 0 Å². The van der Waals surface area contributed by atoms with Crippen LogP contribution in [0.25, 0.3) is 0 Å². The molecule has 1 aromatic heterocycles. The van der Waals surface area contributed by atoms with Gasteiger partial charge in [0.1, 0.15) is 0 Å². The maximum absolute atomic E-state index is 11.9. The summed E-state index contributed by atoms with van der Waals surface area (Å²) < 4.78 is 0. The Bertz CT molecular complexity index is 434. The molecule has 1 heterocycles. The number of thiophene rings is 1. The third-order valence-corrected chi connectivity index (χ3v) is 4.54. The van der Waals surface area contributed by atoms with Crippen molar-refractivity contribution in [1.82, 2.24) is 10.6 Å². The first-order valence-corrected chi connectivity index (χ1v) is 8.18. The highest BCUT2D eigenvalue weighted by Crippen LogP contribution is 2.14. The number of carbonyl (C=O) groups excluding carboxylic acids is 2. The van der Waals surface area contributed by atoms with Crippen molar-refractivity contribution in [2.45, 2.75) is 45.1 Å². The summed E-state index contributed by atoms with van der Waals surface area (Å²) in [5.74, 6) is -0.185. The average molecular weight is 312 g/mol. The fourth-order valence-corrected chi connectivity index (χ4v) is 2.63. The molecule has 21 heavy (non-hydrogen) atoms. The minimum absolute atomic E-state index is 0.0547. The van der Waals surface area contributed by atoms with Crippen LogP contribution in [0.1, 0.15) is 49.2 Å². The van der Waals surface area contributed by atoms with E-state index >= 15 is 0 Å². The second-order valence-corrected chi connectivity index (χ2v) is 5.98. The van der Waals surface area contributed by atoms with Crippen LogP contribution in [0.4, 0.5) is 0 Å². The van der Waals surface area contributed by atoms with Crippen molar-refractivity contribution in [1.29, 1.82) is 0 Å². The molecular formula is C15H24N2O3S. The first-order valence-electron chi connectivity index (χ1n) is 7.30. The lowest BCUT2D eigenvalue weighted by atomic mass is 9.93. The molecule has 118 valence electrons. The standard InChI is InChI=1S/C15H24N2O3S/c1-3-15(4-2,11-18)17-13(19)8-5-9-16-14(20)12-7-6-10-21-12/h6-7,10,18H,3-5,8-9,11H2,1-2H3,(H,16,20)(H,17,19). The fourth-order valence-electron chi connectivity index (χ4n) is 1.99. The van der Waals surface area contributed by atoms with Gasteiger partial charge in [-0.3, -0.25) is 9.59 Å². The fraction of sp³-hybridized carbons (Fsp3) is 0.600. The molecule has 0 unspecified atom stereocenters. The summed E-state index contributed by atoms with van der Waals surface area (Å²) >= 11 is 1.39. The summed E-state index contributed by atoms with van der Waals surface area (Å²) in [6.45, 7) is 4.30. The van der Waals surface area contributed by atoms with Crippen LogP contribution in [0.3, 0.4) is 0 Å². The van der Waals surface area contributed by atoms with Crippen LogP contribution in [0, 0.1) is 0 Å². The van der Waals surface area contributed by atoms with E-state index in [1.807, 2.05) is 25.3 Å². The number of nitrogens with one attached hydrogen (secondary N) is 2. The third-order valence-electron chi connectivity index (χ3n) is 3.67. The molecule has 2 amide bonds. The van der Waals surface area contributed by atoms with E-state index in [-0.39, 0.29) is 18.4 Å². The maximum atomic E-state index is 11.9. The minimum Gasteiger partial charge on any atom is -0.394 e. The van der Waals surface area contributed by atoms with Crippen LogP contribution in [0.5, 0.6) is 0 Å². The molecule has 0 aliphatic rings. The van der Waals surface area contributed by atoms with Gasteiger partial charge in [0.2, 0.25) is 5.91 Å². The zero-order chi connectivity index (χ0) is 15.7. The maximum Gasteiger partial charge on any atom is 0.261 e. The molecule has 0 atom stereocenters. The molecule has 0 bridgehead atoms. The Morgan fingerprint density at radius 1 is 1.33 bits per heavy atom. The Balaban J connectivity index is 2.26. The smallest absolute Gasteiger partial charge is 0.261 e. The van der Waals surface area contributed by atoms with Gasteiger partial charge < -0.3 is 15.7 Å². The molecule has 6 heteroatoms. The van der Waals surface area contributed by atoms with Crippen LogP contribution in [0.2, 0.25) is 0 Å². The van der Waals surface area contributed by atoms with Gasteiger partial charge in [-0.05, 0) is 30.7 Å². The number of hydrogen-bond donors (Lipinski definition) is 3. The van der Waals surface area contributed by atoms with Crippen LogP contribution in [0.15, 0.2) is 17.5 Å². The van der Waals surface area contributed by atoms with Gasteiger partial charge in [0, 0.05) is 13.0 Å². The van der Waals surface area contributed by atoms with Gasteiger partial charge in [-0.2, -0.15) is 0 Å². The number of hydrogen-bond acceptors (Lipinski definition) is 4. The van der Waals surface area contributed by atoms with Crippen molar-refractivity contribution in [2.75, 3.05) is 13.2 Å². The van der Waals surface area contributed by atoms with E-state index in [1.54, 1.807) is 6.07 Å². The van der Waals surface area contributed by atoms with Gasteiger partial charge in [0.15, 0.2) is 0 Å². The number of carbonyl (C=O) groups is 2. The second kappa shape index (κ2) is 8.79.